The monoisotopic (exact) mass is 288 g/mol. The second-order valence-corrected chi connectivity index (χ2v) is 8.82. The predicted octanol–water partition coefficient (Wildman–Crippen LogP) is 4.17. The van der Waals surface area contributed by atoms with Crippen LogP contribution in [0.3, 0.4) is 0 Å². The fourth-order valence-electron chi connectivity index (χ4n) is 6.82. The summed E-state index contributed by atoms with van der Waals surface area (Å²) in [7, 11) is 0. The van der Waals surface area contributed by atoms with Crippen LogP contribution < -0.4 is 0 Å². The summed E-state index contributed by atoms with van der Waals surface area (Å²) in [6.07, 6.45) is 9.53. The van der Waals surface area contributed by atoms with Gasteiger partial charge < -0.3 is 0 Å². The Balaban J connectivity index is 1.65. The standard InChI is InChI=1S/C19H28O2/c1-18-9-7-13(20)11-12(18)3-4-14-15-5-6-17(21)19(15,2)10-8-16(14)18/h12,14-16H,3-11H2,1-2H3/t12-,14-,15?,16-,18-,19-/m0/s1. The van der Waals surface area contributed by atoms with Crippen molar-refractivity contribution in [1.82, 2.24) is 0 Å². The molecule has 4 aliphatic carbocycles. The van der Waals surface area contributed by atoms with Gasteiger partial charge in [-0.15, -0.1) is 0 Å². The minimum Gasteiger partial charge on any atom is -0.300 e. The average molecular weight is 288 g/mol. The van der Waals surface area contributed by atoms with E-state index in [-0.39, 0.29) is 5.41 Å². The lowest BCUT2D eigenvalue weighted by atomic mass is 9.45. The zero-order valence-corrected chi connectivity index (χ0v) is 13.5. The van der Waals surface area contributed by atoms with E-state index in [1.54, 1.807) is 0 Å². The molecule has 0 heterocycles. The van der Waals surface area contributed by atoms with Crippen molar-refractivity contribution in [3.05, 3.63) is 0 Å². The van der Waals surface area contributed by atoms with Crippen molar-refractivity contribution in [2.24, 2.45) is 34.5 Å². The maximum absolute atomic E-state index is 12.4. The molecule has 0 spiro atoms. The van der Waals surface area contributed by atoms with Crippen molar-refractivity contribution in [3.63, 3.8) is 0 Å². The molecule has 0 amide bonds. The van der Waals surface area contributed by atoms with Crippen LogP contribution in [-0.4, -0.2) is 11.6 Å². The van der Waals surface area contributed by atoms with Gasteiger partial charge in [0.2, 0.25) is 0 Å². The van der Waals surface area contributed by atoms with Gasteiger partial charge in [0.15, 0.2) is 0 Å². The van der Waals surface area contributed by atoms with E-state index in [4.69, 9.17) is 0 Å². The summed E-state index contributed by atoms with van der Waals surface area (Å²) >= 11 is 0. The first kappa shape index (κ1) is 14.0. The number of hydrogen-bond acceptors (Lipinski definition) is 2. The van der Waals surface area contributed by atoms with E-state index in [1.807, 2.05) is 0 Å². The Morgan fingerprint density at radius 1 is 0.905 bits per heavy atom. The molecule has 21 heavy (non-hydrogen) atoms. The van der Waals surface area contributed by atoms with Gasteiger partial charge in [-0.2, -0.15) is 0 Å². The Bertz CT molecular complexity index is 496. The van der Waals surface area contributed by atoms with E-state index in [0.29, 0.717) is 28.8 Å². The Morgan fingerprint density at radius 2 is 1.71 bits per heavy atom. The minimum absolute atomic E-state index is 0.00511. The summed E-state index contributed by atoms with van der Waals surface area (Å²) in [5, 5.41) is 0. The van der Waals surface area contributed by atoms with Crippen LogP contribution in [0.25, 0.3) is 0 Å². The Hall–Kier alpha value is -0.660. The first-order chi connectivity index (χ1) is 9.95. The first-order valence-electron chi connectivity index (χ1n) is 9.00. The van der Waals surface area contributed by atoms with Gasteiger partial charge in [-0.3, -0.25) is 9.59 Å². The van der Waals surface area contributed by atoms with Gasteiger partial charge in [0.25, 0.3) is 0 Å². The predicted molar refractivity (Wildman–Crippen MR) is 81.7 cm³/mol. The highest BCUT2D eigenvalue weighted by Gasteiger charge is 2.60. The molecule has 0 aromatic rings. The van der Waals surface area contributed by atoms with Gasteiger partial charge in [0, 0.05) is 24.7 Å². The van der Waals surface area contributed by atoms with Gasteiger partial charge in [-0.1, -0.05) is 13.8 Å². The van der Waals surface area contributed by atoms with Crippen molar-refractivity contribution in [2.75, 3.05) is 0 Å². The van der Waals surface area contributed by atoms with E-state index in [9.17, 15) is 9.59 Å². The fraction of sp³-hybridized carbons (Fsp3) is 0.895. The summed E-state index contributed by atoms with van der Waals surface area (Å²) in [5.74, 6) is 3.82. The molecule has 0 bridgehead atoms. The molecule has 116 valence electrons. The zero-order chi connectivity index (χ0) is 14.8. The van der Waals surface area contributed by atoms with Crippen LogP contribution in [0, 0.1) is 34.5 Å². The lowest BCUT2D eigenvalue weighted by molar-refractivity contribution is -0.144. The molecule has 0 radical (unpaired) electrons. The second-order valence-electron chi connectivity index (χ2n) is 8.82. The second kappa shape index (κ2) is 4.43. The molecule has 1 unspecified atom stereocenters. The minimum atomic E-state index is -0.00511. The Labute approximate surface area is 128 Å². The SMILES string of the molecule is C[C@]12CCC(=O)C[C@@H]1CC[C@H]1C3CCC(=O)[C@@]3(C)CC[C@@H]12. The van der Waals surface area contributed by atoms with Crippen LogP contribution >= 0.6 is 0 Å². The highest BCUT2D eigenvalue weighted by Crippen LogP contribution is 2.65. The molecule has 4 aliphatic rings. The molecular formula is C19H28O2. The van der Waals surface area contributed by atoms with E-state index in [0.717, 1.165) is 50.4 Å². The van der Waals surface area contributed by atoms with Crippen LogP contribution in [0.1, 0.15) is 71.6 Å². The van der Waals surface area contributed by atoms with Gasteiger partial charge in [0.05, 0.1) is 0 Å². The fourth-order valence-corrected chi connectivity index (χ4v) is 6.82. The number of carbonyl (C=O) groups excluding carboxylic acids is 2. The van der Waals surface area contributed by atoms with Crippen LogP contribution in [-0.2, 0) is 9.59 Å². The number of fused-ring (bicyclic) bond motifs is 5. The molecular weight excluding hydrogens is 260 g/mol. The number of carbonyl (C=O) groups is 2. The smallest absolute Gasteiger partial charge is 0.139 e. The number of rotatable bonds is 0. The molecule has 6 atom stereocenters. The van der Waals surface area contributed by atoms with Crippen LogP contribution in [0.5, 0.6) is 0 Å². The maximum atomic E-state index is 12.4. The number of Topliss-reactive ketones (excluding diaryl/α,β-unsaturated/α-hetero) is 2. The maximum Gasteiger partial charge on any atom is 0.139 e. The van der Waals surface area contributed by atoms with Crippen molar-refractivity contribution in [2.45, 2.75) is 71.6 Å². The molecule has 0 aromatic heterocycles. The molecule has 0 saturated heterocycles. The summed E-state index contributed by atoms with van der Waals surface area (Å²) in [4.78, 5) is 24.2. The molecule has 4 saturated carbocycles. The highest BCUT2D eigenvalue weighted by molar-refractivity contribution is 5.87. The number of ketones is 2. The molecule has 0 aliphatic heterocycles. The topological polar surface area (TPSA) is 34.1 Å². The van der Waals surface area contributed by atoms with Crippen molar-refractivity contribution < 1.29 is 9.59 Å². The Kier molecular flexibility index (Phi) is 2.94. The van der Waals surface area contributed by atoms with E-state index < -0.39 is 0 Å². The summed E-state index contributed by atoms with van der Waals surface area (Å²) in [5.41, 5.74) is 0.374. The lowest BCUT2D eigenvalue weighted by Crippen LogP contribution is -2.53. The van der Waals surface area contributed by atoms with E-state index >= 15 is 0 Å². The molecule has 2 heteroatoms. The third-order valence-corrected chi connectivity index (χ3v) is 8.19. The zero-order valence-electron chi connectivity index (χ0n) is 13.5. The molecule has 0 aromatic carbocycles. The molecule has 2 nitrogen and oxygen atoms in total. The quantitative estimate of drug-likeness (QED) is 0.670. The lowest BCUT2D eigenvalue weighted by Gasteiger charge is -2.59. The van der Waals surface area contributed by atoms with Gasteiger partial charge in [-0.05, 0) is 67.6 Å². The summed E-state index contributed by atoms with van der Waals surface area (Å²) in [6.45, 7) is 4.72. The number of hydrogen-bond donors (Lipinski definition) is 0. The molecule has 0 N–H and O–H groups in total. The van der Waals surface area contributed by atoms with E-state index in [2.05, 4.69) is 13.8 Å². The van der Waals surface area contributed by atoms with Crippen molar-refractivity contribution in [1.29, 1.82) is 0 Å². The molecule has 4 fully saturated rings. The van der Waals surface area contributed by atoms with Crippen LogP contribution in [0.4, 0.5) is 0 Å². The van der Waals surface area contributed by atoms with Gasteiger partial charge in [-0.25, -0.2) is 0 Å². The highest BCUT2D eigenvalue weighted by atomic mass is 16.1. The Morgan fingerprint density at radius 3 is 2.52 bits per heavy atom. The first-order valence-corrected chi connectivity index (χ1v) is 9.00. The van der Waals surface area contributed by atoms with Gasteiger partial charge >= 0.3 is 0 Å². The van der Waals surface area contributed by atoms with Crippen molar-refractivity contribution in [3.8, 4) is 0 Å². The van der Waals surface area contributed by atoms with E-state index in [1.165, 1.54) is 19.3 Å². The van der Waals surface area contributed by atoms with Crippen LogP contribution in [0.15, 0.2) is 0 Å². The van der Waals surface area contributed by atoms with Crippen molar-refractivity contribution >= 4 is 11.6 Å². The third kappa shape index (κ3) is 1.77. The summed E-state index contributed by atoms with van der Waals surface area (Å²) < 4.78 is 0. The largest absolute Gasteiger partial charge is 0.300 e. The van der Waals surface area contributed by atoms with Crippen LogP contribution in [0.2, 0.25) is 0 Å². The third-order valence-electron chi connectivity index (χ3n) is 8.19. The normalized spacial score (nSPS) is 53.0. The summed E-state index contributed by atoms with van der Waals surface area (Å²) in [6, 6.07) is 0. The van der Waals surface area contributed by atoms with Gasteiger partial charge in [0.1, 0.15) is 11.6 Å². The molecule has 4 rings (SSSR count). The average Bonchev–Trinajstić information content (AvgIpc) is 2.76.